The molecule has 6 atom stereocenters. The van der Waals surface area contributed by atoms with E-state index < -0.39 is 59.1 Å². The third-order valence-electron chi connectivity index (χ3n) is 7.67. The predicted octanol–water partition coefficient (Wildman–Crippen LogP) is 4.80. The topological polar surface area (TPSA) is 122 Å². The second kappa shape index (κ2) is 12.9. The van der Waals surface area contributed by atoms with Crippen molar-refractivity contribution in [2.24, 2.45) is 17.3 Å². The Labute approximate surface area is 231 Å². The number of allylic oxidation sites excluding steroid dienone is 1. The van der Waals surface area contributed by atoms with Gasteiger partial charge in [0.15, 0.2) is 5.60 Å². The average Bonchev–Trinajstić information content (AvgIpc) is 3.05. The van der Waals surface area contributed by atoms with E-state index in [0.29, 0.717) is 24.0 Å². The van der Waals surface area contributed by atoms with E-state index in [-0.39, 0.29) is 31.0 Å². The molecule has 0 radical (unpaired) electrons. The van der Waals surface area contributed by atoms with Crippen LogP contribution in [0.3, 0.4) is 0 Å². The fourth-order valence-corrected chi connectivity index (χ4v) is 5.65. The van der Waals surface area contributed by atoms with Crippen LogP contribution < -0.4 is 0 Å². The molecule has 1 saturated carbocycles. The minimum Gasteiger partial charge on any atom is -0.462 e. The van der Waals surface area contributed by atoms with Crippen LogP contribution in [0.15, 0.2) is 23.3 Å². The molecule has 0 spiro atoms. The molecular formula is C30H44O9. The predicted molar refractivity (Wildman–Crippen MR) is 143 cm³/mol. The lowest BCUT2D eigenvalue weighted by Gasteiger charge is -2.38. The van der Waals surface area contributed by atoms with Crippen molar-refractivity contribution < 1.29 is 42.9 Å². The van der Waals surface area contributed by atoms with Crippen LogP contribution in [0, 0.1) is 17.3 Å². The molecule has 0 aromatic carbocycles. The monoisotopic (exact) mass is 548 g/mol. The molecule has 0 N–H and O–H groups in total. The maximum Gasteiger partial charge on any atom is 0.306 e. The summed E-state index contributed by atoms with van der Waals surface area (Å²) in [7, 11) is 0. The van der Waals surface area contributed by atoms with Crippen LogP contribution >= 0.6 is 0 Å². The summed E-state index contributed by atoms with van der Waals surface area (Å²) in [5.74, 6) is -3.55. The minimum atomic E-state index is -1.61. The Morgan fingerprint density at radius 2 is 1.59 bits per heavy atom. The van der Waals surface area contributed by atoms with Crippen LogP contribution in [-0.2, 0) is 42.9 Å². The molecule has 9 nitrogen and oxygen atoms in total. The number of hydrogen-bond donors (Lipinski definition) is 0. The van der Waals surface area contributed by atoms with Gasteiger partial charge in [0, 0.05) is 45.4 Å². The van der Waals surface area contributed by atoms with Gasteiger partial charge in [-0.3, -0.25) is 24.0 Å². The first-order valence-corrected chi connectivity index (χ1v) is 13.7. The highest BCUT2D eigenvalue weighted by molar-refractivity contribution is 6.03. The second-order valence-corrected chi connectivity index (χ2v) is 11.6. The molecular weight excluding hydrogens is 504 g/mol. The highest BCUT2D eigenvalue weighted by Crippen LogP contribution is 2.48. The molecule has 0 aliphatic heterocycles. The molecule has 9 heteroatoms. The van der Waals surface area contributed by atoms with Gasteiger partial charge in [0.05, 0.1) is 5.92 Å². The van der Waals surface area contributed by atoms with Gasteiger partial charge < -0.3 is 18.9 Å². The van der Waals surface area contributed by atoms with Crippen LogP contribution in [0.5, 0.6) is 0 Å². The largest absolute Gasteiger partial charge is 0.462 e. The van der Waals surface area contributed by atoms with Crippen LogP contribution in [0.1, 0.15) is 94.4 Å². The highest BCUT2D eigenvalue weighted by atomic mass is 16.6. The molecule has 2 aliphatic rings. The van der Waals surface area contributed by atoms with Crippen molar-refractivity contribution in [1.29, 1.82) is 0 Å². The number of Topliss-reactive ketones (excluding diaryl/α,β-unsaturated/α-hetero) is 1. The number of ether oxygens (including phenoxy) is 4. The lowest BCUT2D eigenvalue weighted by molar-refractivity contribution is -0.169. The Morgan fingerprint density at radius 3 is 2.13 bits per heavy atom. The van der Waals surface area contributed by atoms with Crippen molar-refractivity contribution >= 4 is 29.7 Å². The normalized spacial score (nSPS) is 30.9. The minimum absolute atomic E-state index is 0.155. The van der Waals surface area contributed by atoms with E-state index in [1.54, 1.807) is 26.0 Å². The van der Waals surface area contributed by atoms with Crippen molar-refractivity contribution in [2.75, 3.05) is 0 Å². The van der Waals surface area contributed by atoms with E-state index >= 15 is 0 Å². The van der Waals surface area contributed by atoms with Gasteiger partial charge in [0.25, 0.3) is 0 Å². The highest BCUT2D eigenvalue weighted by Gasteiger charge is 2.60. The Balaban J connectivity index is 2.82. The van der Waals surface area contributed by atoms with Crippen molar-refractivity contribution in [3.05, 3.63) is 23.3 Å². The first-order chi connectivity index (χ1) is 18.0. The lowest BCUT2D eigenvalue weighted by Crippen LogP contribution is -2.49. The van der Waals surface area contributed by atoms with Crippen molar-refractivity contribution in [1.82, 2.24) is 0 Å². The number of carbonyl (C=O) groups excluding carboxylic acids is 5. The fraction of sp³-hybridized carbons (Fsp3) is 0.700. The third kappa shape index (κ3) is 7.79. The fourth-order valence-electron chi connectivity index (χ4n) is 5.65. The van der Waals surface area contributed by atoms with E-state index in [1.165, 1.54) is 20.8 Å². The van der Waals surface area contributed by atoms with Gasteiger partial charge in [0.2, 0.25) is 5.78 Å². The molecule has 6 unspecified atom stereocenters. The zero-order valence-corrected chi connectivity index (χ0v) is 24.8. The Kier molecular flexibility index (Phi) is 10.7. The van der Waals surface area contributed by atoms with Crippen molar-refractivity contribution in [2.45, 2.75) is 118 Å². The Morgan fingerprint density at radius 1 is 0.974 bits per heavy atom. The zero-order chi connectivity index (χ0) is 29.7. The number of rotatable bonds is 6. The molecule has 2 aliphatic carbocycles. The number of esters is 4. The van der Waals surface area contributed by atoms with E-state index in [1.807, 2.05) is 27.7 Å². The van der Waals surface area contributed by atoms with Gasteiger partial charge in [-0.1, -0.05) is 39.8 Å². The molecule has 0 bridgehead atoms. The van der Waals surface area contributed by atoms with E-state index in [9.17, 15) is 24.0 Å². The molecule has 218 valence electrons. The first-order valence-electron chi connectivity index (χ1n) is 13.7. The van der Waals surface area contributed by atoms with Crippen LogP contribution in [0.4, 0.5) is 0 Å². The molecule has 0 aromatic heterocycles. The average molecular weight is 549 g/mol. The summed E-state index contributed by atoms with van der Waals surface area (Å²) in [6.45, 7) is 14.8. The summed E-state index contributed by atoms with van der Waals surface area (Å²) < 4.78 is 23.2. The van der Waals surface area contributed by atoms with Gasteiger partial charge in [-0.05, 0) is 43.8 Å². The molecule has 39 heavy (non-hydrogen) atoms. The van der Waals surface area contributed by atoms with Gasteiger partial charge in [-0.2, -0.15) is 0 Å². The molecule has 2 rings (SSSR count). The standard InChI is InChI=1S/C30H44O9/c1-10-11-26(34)38-24-15-25(36-20(5)31)29(8,9)13-12-17(2)28(35)30(39-22(7)33)16-19(4)27(37-21(6)32)23(30)14-18(24)3/h12,14,19,23-25,27H,10-11,13,15-16H2,1-9H3. The van der Waals surface area contributed by atoms with E-state index in [0.717, 1.165) is 0 Å². The van der Waals surface area contributed by atoms with Gasteiger partial charge >= 0.3 is 23.9 Å². The maximum atomic E-state index is 14.1. The van der Waals surface area contributed by atoms with Crippen molar-refractivity contribution in [3.63, 3.8) is 0 Å². The van der Waals surface area contributed by atoms with E-state index in [4.69, 9.17) is 18.9 Å². The molecule has 1 fully saturated rings. The SMILES string of the molecule is CCCC(=O)OC1CC(OC(C)=O)C(C)(C)CC=C(C)C(=O)C2(OC(C)=O)CC(C)C(OC(C)=O)C2C=C1C. The summed E-state index contributed by atoms with van der Waals surface area (Å²) in [5.41, 5.74) is -1.26. The Hall–Kier alpha value is -2.97. The van der Waals surface area contributed by atoms with Crippen LogP contribution in [0.2, 0.25) is 0 Å². The van der Waals surface area contributed by atoms with E-state index in [2.05, 4.69) is 0 Å². The third-order valence-corrected chi connectivity index (χ3v) is 7.67. The quantitative estimate of drug-likeness (QED) is 0.262. The number of carbonyl (C=O) groups is 5. The summed E-state index contributed by atoms with van der Waals surface area (Å²) in [4.78, 5) is 63.3. The number of ketones is 1. The molecule has 0 heterocycles. The first kappa shape index (κ1) is 32.2. The summed E-state index contributed by atoms with van der Waals surface area (Å²) in [5, 5.41) is 0. The number of fused-ring (bicyclic) bond motifs is 1. The molecule has 0 aromatic rings. The lowest BCUT2D eigenvalue weighted by atomic mass is 9.76. The van der Waals surface area contributed by atoms with Gasteiger partial charge in [-0.15, -0.1) is 0 Å². The summed E-state index contributed by atoms with van der Waals surface area (Å²) >= 11 is 0. The molecule has 0 saturated heterocycles. The molecule has 0 amide bonds. The maximum absolute atomic E-state index is 14.1. The Bertz CT molecular complexity index is 1040. The summed E-state index contributed by atoms with van der Waals surface area (Å²) in [6.07, 6.45) is 2.81. The van der Waals surface area contributed by atoms with Crippen molar-refractivity contribution in [3.8, 4) is 0 Å². The van der Waals surface area contributed by atoms with Crippen LogP contribution in [0.25, 0.3) is 0 Å². The zero-order valence-electron chi connectivity index (χ0n) is 24.8. The van der Waals surface area contributed by atoms with Gasteiger partial charge in [-0.25, -0.2) is 0 Å². The van der Waals surface area contributed by atoms with Gasteiger partial charge in [0.1, 0.15) is 18.3 Å². The smallest absolute Gasteiger partial charge is 0.306 e. The second-order valence-electron chi connectivity index (χ2n) is 11.6. The summed E-state index contributed by atoms with van der Waals surface area (Å²) in [6, 6.07) is 0. The number of hydrogen-bond acceptors (Lipinski definition) is 9. The van der Waals surface area contributed by atoms with Crippen LogP contribution in [-0.4, -0.2) is 53.6 Å².